The number of nitrogens with zero attached hydrogens (tertiary/aromatic N) is 1. The molecule has 1 nitrogen and oxygen atoms in total. The number of pyridine rings is 1. The van der Waals surface area contributed by atoms with Crippen LogP contribution in [0.1, 0.15) is 50.7 Å². The van der Waals surface area contributed by atoms with Crippen LogP contribution in [0.3, 0.4) is 0 Å². The summed E-state index contributed by atoms with van der Waals surface area (Å²) in [6, 6.07) is 15.5. The monoisotopic (exact) mass is 417 g/mol. The Labute approximate surface area is 146 Å². The summed E-state index contributed by atoms with van der Waals surface area (Å²) in [5, 5.41) is 0. The van der Waals surface area contributed by atoms with Gasteiger partial charge in [-0.05, 0) is 0 Å². The van der Waals surface area contributed by atoms with Crippen LogP contribution in [0.4, 0.5) is 0 Å². The molecule has 124 valence electrons. The van der Waals surface area contributed by atoms with Gasteiger partial charge in [-0.25, -0.2) is 0 Å². The van der Waals surface area contributed by atoms with E-state index in [-0.39, 0.29) is 0 Å². The summed E-state index contributed by atoms with van der Waals surface area (Å²) in [6.45, 7) is 6.92. The number of aryl methyl sites for hydroxylation is 1. The van der Waals surface area contributed by atoms with Crippen LogP contribution in [-0.4, -0.2) is 23.4 Å². The van der Waals surface area contributed by atoms with E-state index in [1.165, 1.54) is 53.8 Å². The van der Waals surface area contributed by atoms with Crippen molar-refractivity contribution in [3.63, 3.8) is 0 Å². The van der Waals surface area contributed by atoms with Crippen molar-refractivity contribution < 1.29 is 0 Å². The van der Waals surface area contributed by atoms with Crippen LogP contribution < -0.4 is 3.71 Å². The van der Waals surface area contributed by atoms with Crippen LogP contribution in [0.25, 0.3) is 0 Å². The first-order chi connectivity index (χ1) is 11.2. The summed E-state index contributed by atoms with van der Waals surface area (Å²) in [7, 11) is 0. The quantitative estimate of drug-likeness (QED) is 0.497. The molecule has 0 saturated heterocycles. The Morgan fingerprint density at radius 1 is 0.870 bits per heavy atom. The summed E-state index contributed by atoms with van der Waals surface area (Å²) in [4.78, 5) is 4.95. The maximum absolute atomic E-state index is 4.95. The normalized spacial score (nSPS) is 11.6. The van der Waals surface area contributed by atoms with Crippen LogP contribution in [0.5, 0.6) is 0 Å². The van der Waals surface area contributed by atoms with E-state index in [0.717, 1.165) is 0 Å². The van der Waals surface area contributed by atoms with E-state index in [2.05, 4.69) is 63.2 Å². The number of unbranched alkanes of at least 4 members (excludes halogenated alkanes) is 2. The van der Waals surface area contributed by atoms with Crippen LogP contribution in [-0.2, 0) is 4.44 Å². The SMILES string of the molecule is CCC[CH2][Sn]([CH2]CCC)([CH2]c1ccccc1)[c]1ncccc1C. The third kappa shape index (κ3) is 5.07. The topological polar surface area (TPSA) is 12.9 Å². The van der Waals surface area contributed by atoms with E-state index in [4.69, 9.17) is 4.98 Å². The first kappa shape index (κ1) is 18.5. The third-order valence-electron chi connectivity index (χ3n) is 4.91. The van der Waals surface area contributed by atoms with Crippen molar-refractivity contribution in [1.82, 2.24) is 4.98 Å². The number of rotatable bonds is 9. The molecule has 0 N–H and O–H groups in total. The Balaban J connectivity index is 2.42. The third-order valence-corrected chi connectivity index (χ3v) is 19.9. The molecule has 2 heteroatoms. The molecular weight excluding hydrogens is 385 g/mol. The van der Waals surface area contributed by atoms with Gasteiger partial charge >= 0.3 is 147 Å². The summed E-state index contributed by atoms with van der Waals surface area (Å²) < 4.78 is 5.73. The minimum atomic E-state index is -2.53. The van der Waals surface area contributed by atoms with Crippen LogP contribution >= 0.6 is 0 Å². The van der Waals surface area contributed by atoms with Crippen LogP contribution in [0.15, 0.2) is 48.7 Å². The molecule has 23 heavy (non-hydrogen) atoms. The average Bonchev–Trinajstić information content (AvgIpc) is 2.59. The zero-order valence-corrected chi connectivity index (χ0v) is 17.9. The van der Waals surface area contributed by atoms with Gasteiger partial charge in [-0.15, -0.1) is 0 Å². The summed E-state index contributed by atoms with van der Waals surface area (Å²) in [5.74, 6) is 0. The Bertz CT molecular complexity index is 571. The summed E-state index contributed by atoms with van der Waals surface area (Å²) in [5.41, 5.74) is 2.96. The van der Waals surface area contributed by atoms with Crippen molar-refractivity contribution in [2.75, 3.05) is 0 Å². The van der Waals surface area contributed by atoms with Gasteiger partial charge in [-0.2, -0.15) is 0 Å². The molecule has 2 rings (SSSR count). The molecular formula is C21H31NSn. The molecule has 0 saturated carbocycles. The van der Waals surface area contributed by atoms with Gasteiger partial charge < -0.3 is 0 Å². The Kier molecular flexibility index (Phi) is 7.61. The molecule has 0 radical (unpaired) electrons. The van der Waals surface area contributed by atoms with E-state index in [1.807, 2.05) is 6.20 Å². The Morgan fingerprint density at radius 2 is 1.52 bits per heavy atom. The fourth-order valence-corrected chi connectivity index (χ4v) is 19.6. The number of hydrogen-bond donors (Lipinski definition) is 0. The van der Waals surface area contributed by atoms with Gasteiger partial charge in [0.15, 0.2) is 0 Å². The molecule has 0 spiro atoms. The average molecular weight is 416 g/mol. The van der Waals surface area contributed by atoms with Crippen molar-refractivity contribution in [3.8, 4) is 0 Å². The molecule has 0 unspecified atom stereocenters. The molecule has 0 aliphatic rings. The second-order valence-electron chi connectivity index (χ2n) is 6.82. The molecule has 0 bridgehead atoms. The fraction of sp³-hybridized carbons (Fsp3) is 0.476. The van der Waals surface area contributed by atoms with Gasteiger partial charge in [0.05, 0.1) is 0 Å². The van der Waals surface area contributed by atoms with Crippen molar-refractivity contribution in [3.05, 3.63) is 59.8 Å². The molecule has 2 aromatic rings. The molecule has 0 aliphatic heterocycles. The van der Waals surface area contributed by atoms with Crippen LogP contribution in [0.2, 0.25) is 8.87 Å². The van der Waals surface area contributed by atoms with Gasteiger partial charge in [-0.1, -0.05) is 0 Å². The summed E-state index contributed by atoms with van der Waals surface area (Å²) in [6.07, 6.45) is 7.35. The Morgan fingerprint density at radius 3 is 2.09 bits per heavy atom. The van der Waals surface area contributed by atoms with Crippen molar-refractivity contribution in [2.45, 2.75) is 59.8 Å². The van der Waals surface area contributed by atoms with Gasteiger partial charge in [0.25, 0.3) is 0 Å². The van der Waals surface area contributed by atoms with E-state index >= 15 is 0 Å². The van der Waals surface area contributed by atoms with Crippen LogP contribution in [0, 0.1) is 6.92 Å². The van der Waals surface area contributed by atoms with E-state index in [9.17, 15) is 0 Å². The Hall–Kier alpha value is -0.831. The van der Waals surface area contributed by atoms with Crippen molar-refractivity contribution >= 4 is 22.1 Å². The fourth-order valence-electron chi connectivity index (χ4n) is 3.68. The standard InChI is InChI=1S/C7H7.C6H6N.2C4H9.Sn/c1-7-5-3-2-4-6-7;1-6-3-2-4-7-5-6;2*1-3-4-2;/h2-6H,1H2;2-4H,1H3;2*1,3-4H2,2H3;. The second-order valence-corrected chi connectivity index (χ2v) is 19.3. The summed E-state index contributed by atoms with van der Waals surface area (Å²) >= 11 is -2.53. The second kappa shape index (κ2) is 9.46. The van der Waals surface area contributed by atoms with Crippen molar-refractivity contribution in [2.24, 2.45) is 0 Å². The molecule has 1 aromatic carbocycles. The van der Waals surface area contributed by atoms with E-state index in [0.29, 0.717) is 0 Å². The van der Waals surface area contributed by atoms with E-state index < -0.39 is 18.4 Å². The van der Waals surface area contributed by atoms with Gasteiger partial charge in [-0.3, -0.25) is 0 Å². The molecule has 0 amide bonds. The molecule has 1 heterocycles. The van der Waals surface area contributed by atoms with Gasteiger partial charge in [0, 0.05) is 0 Å². The minimum absolute atomic E-state index is 1.30. The predicted molar refractivity (Wildman–Crippen MR) is 104 cm³/mol. The molecule has 0 fully saturated rings. The van der Waals surface area contributed by atoms with Crippen molar-refractivity contribution in [1.29, 1.82) is 0 Å². The first-order valence-corrected chi connectivity index (χ1v) is 16.7. The van der Waals surface area contributed by atoms with Gasteiger partial charge in [0.1, 0.15) is 0 Å². The number of hydrogen-bond acceptors (Lipinski definition) is 1. The molecule has 0 aliphatic carbocycles. The zero-order chi connectivity index (χ0) is 16.5. The first-order valence-electron chi connectivity index (χ1n) is 9.18. The predicted octanol–water partition coefficient (Wildman–Crippen LogP) is 5.43. The van der Waals surface area contributed by atoms with Gasteiger partial charge in [0.2, 0.25) is 0 Å². The molecule has 0 atom stereocenters. The number of aromatic nitrogens is 1. The number of benzene rings is 1. The zero-order valence-electron chi connectivity index (χ0n) is 15.0. The molecule has 1 aromatic heterocycles. The van der Waals surface area contributed by atoms with E-state index in [1.54, 1.807) is 0 Å². The maximum atomic E-state index is 4.95.